The number of piperidine rings is 1. The summed E-state index contributed by atoms with van der Waals surface area (Å²) in [5.74, 6) is -1.06. The Labute approximate surface area is 174 Å². The number of carbonyl (C=O) groups excluding carboxylic acids is 4. The van der Waals surface area contributed by atoms with E-state index in [2.05, 4.69) is 5.32 Å². The zero-order valence-corrected chi connectivity index (χ0v) is 16.9. The summed E-state index contributed by atoms with van der Waals surface area (Å²) < 4.78 is 11.4. The van der Waals surface area contributed by atoms with Crippen molar-refractivity contribution < 1.29 is 28.7 Å². The molecule has 1 aliphatic carbocycles. The zero-order chi connectivity index (χ0) is 21.1. The number of amides is 4. The van der Waals surface area contributed by atoms with E-state index in [0.29, 0.717) is 19.0 Å². The van der Waals surface area contributed by atoms with Crippen molar-refractivity contribution in [3.05, 3.63) is 29.3 Å². The minimum atomic E-state index is -0.984. The number of imide groups is 2. The highest BCUT2D eigenvalue weighted by Crippen LogP contribution is 2.33. The van der Waals surface area contributed by atoms with E-state index in [-0.39, 0.29) is 30.6 Å². The molecule has 0 spiro atoms. The molecule has 4 rings (SSSR count). The van der Waals surface area contributed by atoms with Gasteiger partial charge >= 0.3 is 0 Å². The molecule has 30 heavy (non-hydrogen) atoms. The molecule has 160 valence electrons. The average Bonchev–Trinajstić information content (AvgIpc) is 3.33. The van der Waals surface area contributed by atoms with Crippen LogP contribution in [0, 0.1) is 5.92 Å². The summed E-state index contributed by atoms with van der Waals surface area (Å²) in [6, 6.07) is 3.85. The maximum absolute atomic E-state index is 13.0. The van der Waals surface area contributed by atoms with E-state index in [4.69, 9.17) is 9.47 Å². The number of rotatable bonds is 8. The van der Waals surface area contributed by atoms with Crippen molar-refractivity contribution in [2.75, 3.05) is 19.8 Å². The lowest BCUT2D eigenvalue weighted by atomic mass is 10.0. The molecule has 0 bridgehead atoms. The number of hydrogen-bond acceptors (Lipinski definition) is 6. The SMILES string of the molecule is O=C1CCC(N2C(=O)c3cccc(OCCOCCC4CCCC4)c3C2=O)C(=O)N1. The predicted molar refractivity (Wildman–Crippen MR) is 106 cm³/mol. The predicted octanol–water partition coefficient (Wildman–Crippen LogP) is 2.06. The van der Waals surface area contributed by atoms with E-state index in [1.807, 2.05) is 0 Å². The third-order valence-corrected chi connectivity index (χ3v) is 6.06. The van der Waals surface area contributed by atoms with Crippen molar-refractivity contribution in [1.82, 2.24) is 10.2 Å². The molecule has 1 N–H and O–H groups in total. The molecule has 2 fully saturated rings. The largest absolute Gasteiger partial charge is 0.490 e. The summed E-state index contributed by atoms with van der Waals surface area (Å²) in [4.78, 5) is 50.2. The van der Waals surface area contributed by atoms with Crippen LogP contribution in [-0.4, -0.2) is 54.4 Å². The summed E-state index contributed by atoms with van der Waals surface area (Å²) in [6.45, 7) is 1.36. The van der Waals surface area contributed by atoms with Crippen LogP contribution in [0.1, 0.15) is 65.7 Å². The number of nitrogens with one attached hydrogen (secondary N) is 1. The lowest BCUT2D eigenvalue weighted by molar-refractivity contribution is -0.136. The van der Waals surface area contributed by atoms with Gasteiger partial charge in [0.2, 0.25) is 11.8 Å². The first-order valence-corrected chi connectivity index (χ1v) is 10.6. The van der Waals surface area contributed by atoms with Crippen LogP contribution in [0.4, 0.5) is 0 Å². The van der Waals surface area contributed by atoms with Crippen LogP contribution < -0.4 is 10.1 Å². The molecular weight excluding hydrogens is 388 g/mol. The van der Waals surface area contributed by atoms with Gasteiger partial charge in [-0.3, -0.25) is 29.4 Å². The van der Waals surface area contributed by atoms with Gasteiger partial charge in [-0.1, -0.05) is 31.7 Å². The van der Waals surface area contributed by atoms with Crippen molar-refractivity contribution in [2.45, 2.75) is 51.0 Å². The highest BCUT2D eigenvalue weighted by atomic mass is 16.5. The van der Waals surface area contributed by atoms with Gasteiger partial charge in [-0.25, -0.2) is 0 Å². The summed E-state index contributed by atoms with van der Waals surface area (Å²) >= 11 is 0. The standard InChI is InChI=1S/C22H26N2O6/c25-18-9-8-16(20(26)23-18)24-21(27)15-6-3-7-17(19(15)22(24)28)30-13-12-29-11-10-14-4-1-2-5-14/h3,6-7,14,16H,1-2,4-5,8-13H2,(H,23,25,26). The first kappa shape index (κ1) is 20.5. The maximum Gasteiger partial charge on any atom is 0.266 e. The average molecular weight is 414 g/mol. The van der Waals surface area contributed by atoms with E-state index >= 15 is 0 Å². The molecule has 1 aromatic rings. The minimum absolute atomic E-state index is 0.0887. The molecule has 0 radical (unpaired) electrons. The van der Waals surface area contributed by atoms with Gasteiger partial charge in [0.05, 0.1) is 17.7 Å². The van der Waals surface area contributed by atoms with Crippen LogP contribution in [-0.2, 0) is 14.3 Å². The Kier molecular flexibility index (Phi) is 6.13. The third-order valence-electron chi connectivity index (χ3n) is 6.06. The molecule has 4 amide bonds. The fourth-order valence-electron chi connectivity index (χ4n) is 4.47. The summed E-state index contributed by atoms with van der Waals surface area (Å²) in [5, 5.41) is 2.19. The highest BCUT2D eigenvalue weighted by Gasteiger charge is 2.45. The Morgan fingerprint density at radius 2 is 1.77 bits per heavy atom. The van der Waals surface area contributed by atoms with E-state index in [9.17, 15) is 19.2 Å². The fourth-order valence-corrected chi connectivity index (χ4v) is 4.47. The van der Waals surface area contributed by atoms with Gasteiger partial charge < -0.3 is 9.47 Å². The van der Waals surface area contributed by atoms with Gasteiger partial charge in [-0.2, -0.15) is 0 Å². The molecule has 1 saturated heterocycles. The second-order valence-corrected chi connectivity index (χ2v) is 8.03. The van der Waals surface area contributed by atoms with Crippen molar-refractivity contribution in [3.63, 3.8) is 0 Å². The van der Waals surface area contributed by atoms with E-state index < -0.39 is 29.7 Å². The van der Waals surface area contributed by atoms with Gasteiger partial charge in [-0.15, -0.1) is 0 Å². The molecule has 8 heteroatoms. The van der Waals surface area contributed by atoms with Gasteiger partial charge in [0.25, 0.3) is 11.8 Å². The normalized spacial score (nSPS) is 21.9. The molecule has 8 nitrogen and oxygen atoms in total. The Morgan fingerprint density at radius 3 is 2.53 bits per heavy atom. The van der Waals surface area contributed by atoms with Gasteiger partial charge in [0, 0.05) is 13.0 Å². The third kappa shape index (κ3) is 4.09. The fraction of sp³-hybridized carbons (Fsp3) is 0.545. The molecule has 1 aromatic carbocycles. The van der Waals surface area contributed by atoms with E-state index in [1.54, 1.807) is 18.2 Å². The highest BCUT2D eigenvalue weighted by molar-refractivity contribution is 6.24. The van der Waals surface area contributed by atoms with Crippen LogP contribution in [0.5, 0.6) is 5.75 Å². The number of ether oxygens (including phenoxy) is 2. The second kappa shape index (κ2) is 8.95. The smallest absolute Gasteiger partial charge is 0.266 e. The first-order valence-electron chi connectivity index (χ1n) is 10.6. The number of hydrogen-bond donors (Lipinski definition) is 1. The zero-order valence-electron chi connectivity index (χ0n) is 16.9. The minimum Gasteiger partial charge on any atom is -0.490 e. The first-order chi connectivity index (χ1) is 14.6. The van der Waals surface area contributed by atoms with Crippen molar-refractivity contribution in [3.8, 4) is 5.75 Å². The Balaban J connectivity index is 1.35. The molecule has 3 aliphatic rings. The maximum atomic E-state index is 13.0. The van der Waals surface area contributed by atoms with Gasteiger partial charge in [-0.05, 0) is 30.9 Å². The van der Waals surface area contributed by atoms with Gasteiger partial charge in [0.1, 0.15) is 18.4 Å². The molecule has 2 heterocycles. The Morgan fingerprint density at radius 1 is 0.967 bits per heavy atom. The van der Waals surface area contributed by atoms with Crippen LogP contribution >= 0.6 is 0 Å². The van der Waals surface area contributed by atoms with Crippen molar-refractivity contribution in [1.29, 1.82) is 0 Å². The molecule has 1 atom stereocenters. The number of fused-ring (bicyclic) bond motifs is 1. The van der Waals surface area contributed by atoms with Crippen LogP contribution in [0.3, 0.4) is 0 Å². The number of nitrogens with zero attached hydrogens (tertiary/aromatic N) is 1. The number of carbonyl (C=O) groups is 4. The second-order valence-electron chi connectivity index (χ2n) is 8.03. The van der Waals surface area contributed by atoms with Crippen LogP contribution in [0.15, 0.2) is 18.2 Å². The Hall–Kier alpha value is -2.74. The molecule has 0 aromatic heterocycles. The molecule has 2 aliphatic heterocycles. The topological polar surface area (TPSA) is 102 Å². The summed E-state index contributed by atoms with van der Waals surface area (Å²) in [6.07, 6.45) is 6.48. The monoisotopic (exact) mass is 414 g/mol. The number of benzene rings is 1. The van der Waals surface area contributed by atoms with Crippen LogP contribution in [0.2, 0.25) is 0 Å². The quantitative estimate of drug-likeness (QED) is 0.516. The van der Waals surface area contributed by atoms with Crippen LogP contribution in [0.25, 0.3) is 0 Å². The molecule has 1 saturated carbocycles. The van der Waals surface area contributed by atoms with Crippen molar-refractivity contribution >= 4 is 23.6 Å². The summed E-state index contributed by atoms with van der Waals surface area (Å²) in [7, 11) is 0. The van der Waals surface area contributed by atoms with E-state index in [0.717, 1.165) is 17.2 Å². The van der Waals surface area contributed by atoms with Crippen molar-refractivity contribution in [2.24, 2.45) is 5.92 Å². The molecule has 1 unspecified atom stereocenters. The summed E-state index contributed by atoms with van der Waals surface area (Å²) in [5.41, 5.74) is 0.377. The lowest BCUT2D eigenvalue weighted by Gasteiger charge is -2.27. The molecular formula is C22H26N2O6. The lowest BCUT2D eigenvalue weighted by Crippen LogP contribution is -2.54. The Bertz CT molecular complexity index is 861. The van der Waals surface area contributed by atoms with E-state index in [1.165, 1.54) is 25.7 Å². The van der Waals surface area contributed by atoms with Gasteiger partial charge in [0.15, 0.2) is 0 Å².